The van der Waals surface area contributed by atoms with Crippen LogP contribution < -0.4 is 0 Å². The first-order valence-corrected chi connectivity index (χ1v) is 9.67. The van der Waals surface area contributed by atoms with E-state index in [0.717, 1.165) is 17.9 Å². The molecule has 0 aliphatic heterocycles. The molecule has 1 saturated carbocycles. The van der Waals surface area contributed by atoms with Crippen LogP contribution in [-0.2, 0) is 6.54 Å². The summed E-state index contributed by atoms with van der Waals surface area (Å²) in [5.74, 6) is 1.83. The Bertz CT molecular complexity index is 1050. The number of ketones is 1. The first-order valence-electron chi connectivity index (χ1n) is 9.67. The van der Waals surface area contributed by atoms with Gasteiger partial charge in [-0.25, -0.2) is 4.39 Å². The van der Waals surface area contributed by atoms with E-state index in [1.54, 1.807) is 31.3 Å². The Kier molecular flexibility index (Phi) is 5.05. The van der Waals surface area contributed by atoms with E-state index >= 15 is 0 Å². The average molecular weight is 391 g/mol. The lowest BCUT2D eigenvalue weighted by atomic mass is 9.97. The van der Waals surface area contributed by atoms with Crippen molar-refractivity contribution in [2.75, 3.05) is 7.05 Å². The molecule has 0 unspecified atom stereocenters. The van der Waals surface area contributed by atoms with Gasteiger partial charge in [0.2, 0.25) is 0 Å². The van der Waals surface area contributed by atoms with Crippen LogP contribution in [-0.4, -0.2) is 23.6 Å². The van der Waals surface area contributed by atoms with Crippen molar-refractivity contribution in [1.82, 2.24) is 4.90 Å². The van der Waals surface area contributed by atoms with Gasteiger partial charge in [0.1, 0.15) is 17.3 Å². The number of hydrogen-bond acceptors (Lipinski definition) is 3. The summed E-state index contributed by atoms with van der Waals surface area (Å²) in [7, 11) is 1.68. The normalized spacial score (nSPS) is 17.8. The van der Waals surface area contributed by atoms with Gasteiger partial charge in [0.25, 0.3) is 5.91 Å². The van der Waals surface area contributed by atoms with Gasteiger partial charge >= 0.3 is 0 Å². The second-order valence-corrected chi connectivity index (χ2v) is 7.67. The summed E-state index contributed by atoms with van der Waals surface area (Å²) in [4.78, 5) is 27.4. The molecule has 1 amide bonds. The molecule has 4 nitrogen and oxygen atoms in total. The van der Waals surface area contributed by atoms with Crippen LogP contribution in [0.5, 0.6) is 0 Å². The molecule has 1 aromatic heterocycles. The van der Waals surface area contributed by atoms with E-state index in [1.165, 1.54) is 29.2 Å². The van der Waals surface area contributed by atoms with Crippen molar-refractivity contribution < 1.29 is 18.4 Å². The fraction of sp³-hybridized carbons (Fsp3) is 0.250. The van der Waals surface area contributed by atoms with Crippen LogP contribution in [0.2, 0.25) is 0 Å². The molecule has 3 aromatic rings. The third-order valence-electron chi connectivity index (χ3n) is 5.41. The van der Waals surface area contributed by atoms with E-state index in [9.17, 15) is 14.0 Å². The second-order valence-electron chi connectivity index (χ2n) is 7.67. The molecule has 0 bridgehead atoms. The Balaban J connectivity index is 1.53. The molecule has 0 N–H and O–H groups in total. The van der Waals surface area contributed by atoms with Crippen molar-refractivity contribution in [2.45, 2.75) is 25.8 Å². The molecule has 1 heterocycles. The second kappa shape index (κ2) is 7.66. The highest BCUT2D eigenvalue weighted by Crippen LogP contribution is 2.47. The summed E-state index contributed by atoms with van der Waals surface area (Å²) < 4.78 is 19.1. The van der Waals surface area contributed by atoms with Gasteiger partial charge in [-0.1, -0.05) is 25.1 Å². The molecule has 2 aromatic carbocycles. The summed E-state index contributed by atoms with van der Waals surface area (Å²) in [5, 5.41) is 0. The van der Waals surface area contributed by atoms with Crippen molar-refractivity contribution >= 4 is 11.7 Å². The van der Waals surface area contributed by atoms with Gasteiger partial charge in [0, 0.05) is 24.1 Å². The Morgan fingerprint density at radius 2 is 1.69 bits per heavy atom. The number of furan rings is 1. The van der Waals surface area contributed by atoms with Crippen LogP contribution in [0.15, 0.2) is 65.1 Å². The highest BCUT2D eigenvalue weighted by molar-refractivity contribution is 6.15. The summed E-state index contributed by atoms with van der Waals surface area (Å²) >= 11 is 0. The minimum Gasteiger partial charge on any atom is -0.464 e. The average Bonchev–Trinajstić information content (AvgIpc) is 3.28. The van der Waals surface area contributed by atoms with E-state index in [4.69, 9.17) is 4.42 Å². The van der Waals surface area contributed by atoms with Crippen molar-refractivity contribution in [1.29, 1.82) is 0 Å². The van der Waals surface area contributed by atoms with Crippen LogP contribution in [0.4, 0.5) is 4.39 Å². The first-order chi connectivity index (χ1) is 13.9. The SMILES string of the molecule is C[C@H]1C[C@@H]1c1ccc(CN(C)C(=O)c2ccccc2C(=O)c2ccc(F)cc2)o1. The maximum Gasteiger partial charge on any atom is 0.254 e. The number of nitrogens with zero attached hydrogens (tertiary/aromatic N) is 1. The zero-order valence-corrected chi connectivity index (χ0v) is 16.4. The fourth-order valence-corrected chi connectivity index (χ4v) is 3.53. The molecule has 0 spiro atoms. The Morgan fingerprint density at radius 1 is 1.03 bits per heavy atom. The van der Waals surface area contributed by atoms with Gasteiger partial charge in [-0.15, -0.1) is 0 Å². The van der Waals surface area contributed by atoms with Gasteiger partial charge in [-0.05, 0) is 54.8 Å². The molecule has 0 radical (unpaired) electrons. The Morgan fingerprint density at radius 3 is 2.34 bits per heavy atom. The van der Waals surface area contributed by atoms with E-state index in [2.05, 4.69) is 6.92 Å². The first kappa shape index (κ1) is 19.1. The van der Waals surface area contributed by atoms with Gasteiger partial charge in [-0.3, -0.25) is 9.59 Å². The van der Waals surface area contributed by atoms with Gasteiger partial charge in [0.15, 0.2) is 5.78 Å². The zero-order chi connectivity index (χ0) is 20.5. The number of carbonyl (C=O) groups excluding carboxylic acids is 2. The minimum atomic E-state index is -0.413. The molecular formula is C24H22FNO3. The standard InChI is InChI=1S/C24H22FNO3/c1-15-13-21(15)22-12-11-18(29-22)14-26(2)24(28)20-6-4-3-5-19(20)23(27)16-7-9-17(25)10-8-16/h3-12,15,21H,13-14H2,1-2H3/t15-,21-/m0/s1. The number of rotatable bonds is 6. The lowest BCUT2D eigenvalue weighted by Crippen LogP contribution is -2.27. The topological polar surface area (TPSA) is 50.5 Å². The highest BCUT2D eigenvalue weighted by Gasteiger charge is 2.36. The van der Waals surface area contributed by atoms with Crippen molar-refractivity contribution in [3.63, 3.8) is 0 Å². The largest absolute Gasteiger partial charge is 0.464 e. The molecule has 5 heteroatoms. The molecule has 29 heavy (non-hydrogen) atoms. The smallest absolute Gasteiger partial charge is 0.254 e. The highest BCUT2D eigenvalue weighted by atomic mass is 19.1. The van der Waals surface area contributed by atoms with Crippen molar-refractivity contribution in [2.24, 2.45) is 5.92 Å². The van der Waals surface area contributed by atoms with E-state index < -0.39 is 5.82 Å². The van der Waals surface area contributed by atoms with Gasteiger partial charge in [-0.2, -0.15) is 0 Å². The molecule has 1 aliphatic carbocycles. The van der Waals surface area contributed by atoms with E-state index in [1.807, 2.05) is 12.1 Å². The fourth-order valence-electron chi connectivity index (χ4n) is 3.53. The molecule has 0 saturated heterocycles. The molecular weight excluding hydrogens is 369 g/mol. The van der Waals surface area contributed by atoms with Gasteiger partial charge < -0.3 is 9.32 Å². The predicted octanol–water partition coefficient (Wildman–Crippen LogP) is 5.05. The third kappa shape index (κ3) is 3.99. The third-order valence-corrected chi connectivity index (χ3v) is 5.41. The maximum absolute atomic E-state index is 13.2. The molecule has 2 atom stereocenters. The monoisotopic (exact) mass is 391 g/mol. The van der Waals surface area contributed by atoms with Crippen LogP contribution in [0, 0.1) is 11.7 Å². The molecule has 148 valence electrons. The lowest BCUT2D eigenvalue weighted by molar-refractivity contribution is 0.0770. The van der Waals surface area contributed by atoms with Crippen LogP contribution in [0.25, 0.3) is 0 Å². The number of benzene rings is 2. The maximum atomic E-state index is 13.2. The quantitative estimate of drug-likeness (QED) is 0.553. The number of hydrogen-bond donors (Lipinski definition) is 0. The number of halogens is 1. The summed E-state index contributed by atoms with van der Waals surface area (Å²) in [6.45, 7) is 2.51. The Labute approximate surface area is 169 Å². The molecule has 1 fully saturated rings. The summed E-state index contributed by atoms with van der Waals surface area (Å²) in [5.41, 5.74) is 0.943. The lowest BCUT2D eigenvalue weighted by Gasteiger charge is -2.17. The van der Waals surface area contributed by atoms with Gasteiger partial charge in [0.05, 0.1) is 12.1 Å². The number of carbonyl (C=O) groups is 2. The van der Waals surface area contributed by atoms with Crippen LogP contribution in [0.3, 0.4) is 0 Å². The van der Waals surface area contributed by atoms with Crippen molar-refractivity contribution in [3.8, 4) is 0 Å². The zero-order valence-electron chi connectivity index (χ0n) is 16.4. The number of amides is 1. The van der Waals surface area contributed by atoms with Crippen LogP contribution >= 0.6 is 0 Å². The predicted molar refractivity (Wildman–Crippen MR) is 107 cm³/mol. The Hall–Kier alpha value is -3.21. The summed E-state index contributed by atoms with van der Waals surface area (Å²) in [6.07, 6.45) is 1.14. The van der Waals surface area contributed by atoms with Crippen LogP contribution in [0.1, 0.15) is 57.1 Å². The molecule has 4 rings (SSSR count). The minimum absolute atomic E-state index is 0.270. The summed E-state index contributed by atoms with van der Waals surface area (Å²) in [6, 6.07) is 15.9. The van der Waals surface area contributed by atoms with Crippen molar-refractivity contribution in [3.05, 3.63) is 94.7 Å². The van der Waals surface area contributed by atoms with E-state index in [0.29, 0.717) is 35.1 Å². The van der Waals surface area contributed by atoms with E-state index in [-0.39, 0.29) is 11.7 Å². The molecule has 1 aliphatic rings.